The summed E-state index contributed by atoms with van der Waals surface area (Å²) in [6, 6.07) is 8.08. The van der Waals surface area contributed by atoms with Gasteiger partial charge in [-0.25, -0.2) is 23.5 Å². The number of nitrogens with zero attached hydrogens (tertiary/aromatic N) is 2. The summed E-state index contributed by atoms with van der Waals surface area (Å²) in [4.78, 5) is 22.7. The van der Waals surface area contributed by atoms with Crippen molar-refractivity contribution in [3.8, 4) is 0 Å². The number of anilines is 1. The van der Waals surface area contributed by atoms with Gasteiger partial charge in [0.15, 0.2) is 0 Å². The van der Waals surface area contributed by atoms with Gasteiger partial charge in [-0.2, -0.15) is 0 Å². The van der Waals surface area contributed by atoms with Gasteiger partial charge in [-0.3, -0.25) is 4.79 Å². The van der Waals surface area contributed by atoms with E-state index in [1.807, 2.05) is 6.07 Å². The molecule has 0 aliphatic heterocycles. The van der Waals surface area contributed by atoms with Crippen molar-refractivity contribution in [2.75, 3.05) is 11.9 Å². The number of hydrogen-bond donors (Lipinski definition) is 3. The summed E-state index contributed by atoms with van der Waals surface area (Å²) in [7, 11) is -3.72. The molecule has 0 bridgehead atoms. The van der Waals surface area contributed by atoms with Crippen molar-refractivity contribution in [3.63, 3.8) is 0 Å². The Bertz CT molecular complexity index is 1060. The van der Waals surface area contributed by atoms with Crippen LogP contribution in [-0.4, -0.2) is 30.8 Å². The summed E-state index contributed by atoms with van der Waals surface area (Å²) >= 11 is 1.61. The number of carbonyl (C=O) groups excluding carboxylic acids is 1. The lowest BCUT2D eigenvalue weighted by Gasteiger charge is -2.08. The van der Waals surface area contributed by atoms with Crippen LogP contribution in [0.4, 0.5) is 5.82 Å². The fourth-order valence-electron chi connectivity index (χ4n) is 2.44. The molecule has 0 atom stereocenters. The highest BCUT2D eigenvalue weighted by atomic mass is 32.2. The molecule has 0 radical (unpaired) electrons. The molecule has 0 saturated carbocycles. The molecule has 3 aromatic rings. The molecule has 1 amide bonds. The van der Waals surface area contributed by atoms with Crippen molar-refractivity contribution < 1.29 is 13.2 Å². The number of sulfonamides is 1. The highest BCUT2D eigenvalue weighted by Crippen LogP contribution is 2.28. The smallest absolute Gasteiger partial charge is 0.239 e. The van der Waals surface area contributed by atoms with Crippen molar-refractivity contribution in [2.45, 2.75) is 24.8 Å². The minimum Gasteiger partial charge on any atom is -0.360 e. The minimum absolute atomic E-state index is 0.0363. The number of carbonyl (C=O) groups is 1. The molecule has 142 valence electrons. The lowest BCUT2D eigenvalue weighted by Crippen LogP contribution is -2.29. The van der Waals surface area contributed by atoms with E-state index in [4.69, 9.17) is 5.14 Å². The third kappa shape index (κ3) is 4.79. The van der Waals surface area contributed by atoms with Crippen LogP contribution in [0, 0.1) is 0 Å². The number of rotatable bonds is 7. The summed E-state index contributed by atoms with van der Waals surface area (Å²) < 4.78 is 22.5. The third-order valence-electron chi connectivity index (χ3n) is 3.89. The fraction of sp³-hybridized carbons (Fsp3) is 0.235. The molecule has 4 N–H and O–H groups in total. The summed E-state index contributed by atoms with van der Waals surface area (Å²) in [5.74, 6) is 0.423. The van der Waals surface area contributed by atoms with E-state index < -0.39 is 10.0 Å². The van der Waals surface area contributed by atoms with Gasteiger partial charge < -0.3 is 10.6 Å². The zero-order valence-electron chi connectivity index (χ0n) is 14.6. The van der Waals surface area contributed by atoms with E-state index in [0.717, 1.165) is 22.2 Å². The molecule has 0 aliphatic rings. The Labute approximate surface area is 160 Å². The first-order chi connectivity index (χ1) is 12.9. The van der Waals surface area contributed by atoms with Gasteiger partial charge in [0, 0.05) is 11.4 Å². The molecule has 8 nitrogen and oxygen atoms in total. The molecule has 2 heterocycles. The first-order valence-electron chi connectivity index (χ1n) is 8.22. The molecule has 1 aromatic carbocycles. The summed E-state index contributed by atoms with van der Waals surface area (Å²) in [6.45, 7) is 2.43. The van der Waals surface area contributed by atoms with E-state index >= 15 is 0 Å². The zero-order valence-corrected chi connectivity index (χ0v) is 16.2. The minimum atomic E-state index is -3.72. The van der Waals surface area contributed by atoms with Crippen LogP contribution in [0.3, 0.4) is 0 Å². The number of aryl methyl sites for hydroxylation is 1. The monoisotopic (exact) mass is 405 g/mol. The third-order valence-corrected chi connectivity index (χ3v) is 6.00. The molecule has 2 aromatic heterocycles. The largest absolute Gasteiger partial charge is 0.360 e. The van der Waals surface area contributed by atoms with Crippen LogP contribution >= 0.6 is 11.3 Å². The highest BCUT2D eigenvalue weighted by molar-refractivity contribution is 7.89. The number of fused-ring (bicyclic) bond motifs is 1. The topological polar surface area (TPSA) is 127 Å². The van der Waals surface area contributed by atoms with Crippen LogP contribution in [0.15, 0.2) is 41.6 Å². The molecule has 0 aliphatic carbocycles. The Morgan fingerprint density at radius 3 is 2.63 bits per heavy atom. The van der Waals surface area contributed by atoms with Gasteiger partial charge in [-0.05, 0) is 30.2 Å². The zero-order chi connectivity index (χ0) is 19.4. The first-order valence-corrected chi connectivity index (χ1v) is 10.6. The predicted octanol–water partition coefficient (Wildman–Crippen LogP) is 1.63. The molecular weight excluding hydrogens is 386 g/mol. The van der Waals surface area contributed by atoms with Gasteiger partial charge in [-0.15, -0.1) is 11.3 Å². The Kier molecular flexibility index (Phi) is 5.68. The van der Waals surface area contributed by atoms with Crippen molar-refractivity contribution >= 4 is 43.3 Å². The average molecular weight is 406 g/mol. The van der Waals surface area contributed by atoms with Gasteiger partial charge in [0.1, 0.15) is 17.0 Å². The maximum atomic E-state index is 12.1. The van der Waals surface area contributed by atoms with Crippen LogP contribution in [-0.2, 0) is 27.8 Å². The van der Waals surface area contributed by atoms with Crippen molar-refractivity contribution in [1.82, 2.24) is 15.3 Å². The second-order valence-electron chi connectivity index (χ2n) is 5.83. The lowest BCUT2D eigenvalue weighted by atomic mass is 10.2. The van der Waals surface area contributed by atoms with E-state index in [2.05, 4.69) is 27.5 Å². The van der Waals surface area contributed by atoms with Crippen LogP contribution in [0.25, 0.3) is 10.2 Å². The molecule has 3 rings (SSSR count). The number of primary sulfonamides is 1. The van der Waals surface area contributed by atoms with E-state index in [1.165, 1.54) is 23.3 Å². The highest BCUT2D eigenvalue weighted by Gasteiger charge is 2.10. The lowest BCUT2D eigenvalue weighted by molar-refractivity contribution is -0.119. The van der Waals surface area contributed by atoms with Crippen LogP contribution < -0.4 is 15.8 Å². The van der Waals surface area contributed by atoms with E-state index in [0.29, 0.717) is 5.82 Å². The summed E-state index contributed by atoms with van der Waals surface area (Å²) in [5.41, 5.74) is 0.769. The first kappa shape index (κ1) is 19.2. The van der Waals surface area contributed by atoms with Gasteiger partial charge in [0.25, 0.3) is 0 Å². The van der Waals surface area contributed by atoms with E-state index in [1.54, 1.807) is 23.5 Å². The molecule has 0 fully saturated rings. The molecule has 27 heavy (non-hydrogen) atoms. The number of thiophene rings is 1. The van der Waals surface area contributed by atoms with Gasteiger partial charge in [0.2, 0.25) is 15.9 Å². The van der Waals surface area contributed by atoms with Crippen molar-refractivity contribution in [3.05, 3.63) is 47.1 Å². The number of hydrogen-bond acceptors (Lipinski definition) is 7. The second kappa shape index (κ2) is 7.99. The summed E-state index contributed by atoms with van der Waals surface area (Å²) in [6.07, 6.45) is 2.40. The van der Waals surface area contributed by atoms with Gasteiger partial charge in [-0.1, -0.05) is 19.1 Å². The number of nitrogens with one attached hydrogen (secondary N) is 2. The Balaban J connectivity index is 1.56. The van der Waals surface area contributed by atoms with Crippen LogP contribution in [0.2, 0.25) is 0 Å². The van der Waals surface area contributed by atoms with Crippen molar-refractivity contribution in [2.24, 2.45) is 5.14 Å². The molecule has 0 spiro atoms. The van der Waals surface area contributed by atoms with Gasteiger partial charge >= 0.3 is 0 Å². The molecule has 10 heteroatoms. The fourth-order valence-corrected chi connectivity index (χ4v) is 3.90. The van der Waals surface area contributed by atoms with E-state index in [-0.39, 0.29) is 23.9 Å². The standard InChI is InChI=1S/C17H19N5O3S2/c1-2-12-7-14-16(21-10-22-17(14)26-12)20-9-15(23)19-8-11-3-5-13(6-4-11)27(18,24)25/h3-7,10H,2,8-9H2,1H3,(H,19,23)(H2,18,24,25)(H,20,21,22). The average Bonchev–Trinajstić information content (AvgIpc) is 3.08. The normalized spacial score (nSPS) is 11.5. The Morgan fingerprint density at radius 2 is 1.96 bits per heavy atom. The number of benzene rings is 1. The number of aromatic nitrogens is 2. The predicted molar refractivity (Wildman–Crippen MR) is 105 cm³/mol. The maximum absolute atomic E-state index is 12.1. The van der Waals surface area contributed by atoms with Gasteiger partial charge in [0.05, 0.1) is 16.8 Å². The maximum Gasteiger partial charge on any atom is 0.239 e. The number of amides is 1. The second-order valence-corrected chi connectivity index (χ2v) is 8.50. The molecular formula is C17H19N5O3S2. The Morgan fingerprint density at radius 1 is 1.22 bits per heavy atom. The quantitative estimate of drug-likeness (QED) is 0.548. The van der Waals surface area contributed by atoms with Crippen molar-refractivity contribution in [1.29, 1.82) is 0 Å². The summed E-state index contributed by atoms with van der Waals surface area (Å²) in [5, 5.41) is 11.8. The number of nitrogens with two attached hydrogens (primary N) is 1. The SMILES string of the molecule is CCc1cc2c(NCC(=O)NCc3ccc(S(N)(=O)=O)cc3)ncnc2s1. The molecule has 0 saturated heterocycles. The van der Waals surface area contributed by atoms with Crippen LogP contribution in [0.1, 0.15) is 17.4 Å². The Hall–Kier alpha value is -2.56. The van der Waals surface area contributed by atoms with Crippen LogP contribution in [0.5, 0.6) is 0 Å². The molecule has 0 unspecified atom stereocenters. The van der Waals surface area contributed by atoms with E-state index in [9.17, 15) is 13.2 Å².